The Hall–Kier alpha value is -0.160. The highest BCUT2D eigenvalue weighted by atomic mass is 15.5. The first-order chi connectivity index (χ1) is 8.06. The summed E-state index contributed by atoms with van der Waals surface area (Å²) in [4.78, 5) is 5.25. The molecule has 0 radical (unpaired) electrons. The van der Waals surface area contributed by atoms with Gasteiger partial charge in [-0.1, -0.05) is 0 Å². The third-order valence-electron chi connectivity index (χ3n) is 4.89. The Morgan fingerprint density at radius 1 is 0.882 bits per heavy atom. The molecule has 0 amide bonds. The van der Waals surface area contributed by atoms with Crippen LogP contribution in [-0.4, -0.2) is 53.5 Å². The second kappa shape index (κ2) is 4.19. The van der Waals surface area contributed by atoms with Crippen LogP contribution in [0.4, 0.5) is 0 Å². The van der Waals surface area contributed by atoms with E-state index in [-0.39, 0.29) is 0 Å². The summed E-state index contributed by atoms with van der Waals surface area (Å²) in [5.41, 5.74) is 0. The second-order valence-corrected chi connectivity index (χ2v) is 6.32. The first-order valence-electron chi connectivity index (χ1n) is 7.07. The number of hydrogen-bond donors (Lipinski definition) is 2. The van der Waals surface area contributed by atoms with Crippen LogP contribution in [-0.2, 0) is 0 Å². The SMILES string of the molecule is CC1CC2N(C)C(C)CC3NC(C)CC(N1)N32. The summed E-state index contributed by atoms with van der Waals surface area (Å²) in [5.74, 6) is 0. The molecule has 4 nitrogen and oxygen atoms in total. The van der Waals surface area contributed by atoms with Crippen molar-refractivity contribution in [2.24, 2.45) is 0 Å². The fourth-order valence-electron chi connectivity index (χ4n) is 3.91. The van der Waals surface area contributed by atoms with Crippen molar-refractivity contribution in [3.8, 4) is 0 Å². The molecular weight excluding hydrogens is 212 g/mol. The molecule has 3 fully saturated rings. The lowest BCUT2D eigenvalue weighted by atomic mass is 9.92. The number of hydrogen-bond acceptors (Lipinski definition) is 4. The highest BCUT2D eigenvalue weighted by molar-refractivity contribution is 5.00. The maximum atomic E-state index is 3.77. The van der Waals surface area contributed by atoms with Gasteiger partial charge in [-0.25, -0.2) is 0 Å². The van der Waals surface area contributed by atoms with Crippen LogP contribution in [0.15, 0.2) is 0 Å². The first kappa shape index (κ1) is 11.9. The molecule has 3 saturated heterocycles. The Kier molecular flexibility index (Phi) is 2.94. The summed E-state index contributed by atoms with van der Waals surface area (Å²) in [5, 5.41) is 7.54. The highest BCUT2D eigenvalue weighted by Gasteiger charge is 2.47. The third kappa shape index (κ3) is 1.91. The quantitative estimate of drug-likeness (QED) is 0.652. The molecule has 0 aliphatic carbocycles. The molecule has 0 aromatic rings. The monoisotopic (exact) mass is 238 g/mol. The van der Waals surface area contributed by atoms with E-state index in [1.165, 1.54) is 19.3 Å². The molecule has 0 spiro atoms. The predicted octanol–water partition coefficient (Wildman–Crippen LogP) is 0.754. The van der Waals surface area contributed by atoms with Crippen molar-refractivity contribution in [2.45, 2.75) is 76.7 Å². The van der Waals surface area contributed by atoms with Gasteiger partial charge in [0.25, 0.3) is 0 Å². The minimum atomic E-state index is 0.569. The van der Waals surface area contributed by atoms with E-state index in [0.29, 0.717) is 36.6 Å². The van der Waals surface area contributed by atoms with Crippen LogP contribution in [0.25, 0.3) is 0 Å². The molecule has 0 saturated carbocycles. The molecular formula is C13H26N4. The summed E-state index contributed by atoms with van der Waals surface area (Å²) < 4.78 is 0. The van der Waals surface area contributed by atoms with E-state index in [4.69, 9.17) is 0 Å². The highest BCUT2D eigenvalue weighted by Crippen LogP contribution is 2.33. The molecule has 0 aromatic heterocycles. The molecule has 2 N–H and O–H groups in total. The second-order valence-electron chi connectivity index (χ2n) is 6.32. The number of rotatable bonds is 0. The lowest BCUT2D eigenvalue weighted by Crippen LogP contribution is -2.76. The maximum absolute atomic E-state index is 3.77. The summed E-state index contributed by atoms with van der Waals surface area (Å²) in [7, 11) is 2.29. The minimum Gasteiger partial charge on any atom is -0.299 e. The van der Waals surface area contributed by atoms with Crippen molar-refractivity contribution in [3.63, 3.8) is 0 Å². The summed E-state index contributed by atoms with van der Waals surface area (Å²) in [6.07, 6.45) is 5.46. The molecule has 3 aliphatic heterocycles. The number of nitrogens with one attached hydrogen (secondary N) is 2. The van der Waals surface area contributed by atoms with E-state index in [1.807, 2.05) is 0 Å². The fourth-order valence-corrected chi connectivity index (χ4v) is 3.91. The maximum Gasteiger partial charge on any atom is 0.0665 e. The normalized spacial score (nSPS) is 52.2. The molecule has 3 heterocycles. The minimum absolute atomic E-state index is 0.569. The average Bonchev–Trinajstić information content (AvgIpc) is 2.24. The van der Waals surface area contributed by atoms with Crippen LogP contribution in [0.5, 0.6) is 0 Å². The Morgan fingerprint density at radius 3 is 2.18 bits per heavy atom. The van der Waals surface area contributed by atoms with Gasteiger partial charge in [0.05, 0.1) is 18.5 Å². The van der Waals surface area contributed by atoms with Gasteiger partial charge in [-0.3, -0.25) is 20.4 Å². The van der Waals surface area contributed by atoms with Gasteiger partial charge in [-0.15, -0.1) is 0 Å². The Bertz CT molecular complexity index is 284. The van der Waals surface area contributed by atoms with Gasteiger partial charge in [0, 0.05) is 18.1 Å². The lowest BCUT2D eigenvalue weighted by Gasteiger charge is -2.60. The molecule has 3 aliphatic rings. The van der Waals surface area contributed by atoms with Gasteiger partial charge in [-0.05, 0) is 47.1 Å². The zero-order valence-corrected chi connectivity index (χ0v) is 11.5. The molecule has 3 rings (SSSR count). The Labute approximate surface area is 105 Å². The molecule has 4 heteroatoms. The van der Waals surface area contributed by atoms with Crippen molar-refractivity contribution < 1.29 is 0 Å². The zero-order valence-electron chi connectivity index (χ0n) is 11.5. The molecule has 17 heavy (non-hydrogen) atoms. The van der Waals surface area contributed by atoms with Crippen molar-refractivity contribution in [2.75, 3.05) is 7.05 Å². The molecule has 98 valence electrons. The van der Waals surface area contributed by atoms with Gasteiger partial charge in [0.15, 0.2) is 0 Å². The van der Waals surface area contributed by atoms with Crippen molar-refractivity contribution in [3.05, 3.63) is 0 Å². The van der Waals surface area contributed by atoms with E-state index >= 15 is 0 Å². The van der Waals surface area contributed by atoms with E-state index in [2.05, 4.69) is 48.3 Å². The smallest absolute Gasteiger partial charge is 0.0665 e. The van der Waals surface area contributed by atoms with Crippen LogP contribution >= 0.6 is 0 Å². The van der Waals surface area contributed by atoms with Crippen LogP contribution in [0.1, 0.15) is 40.0 Å². The van der Waals surface area contributed by atoms with Gasteiger partial charge < -0.3 is 0 Å². The van der Waals surface area contributed by atoms with Crippen molar-refractivity contribution in [1.29, 1.82) is 0 Å². The summed E-state index contributed by atoms with van der Waals surface area (Å²) in [6, 6.07) is 1.96. The van der Waals surface area contributed by atoms with E-state index in [9.17, 15) is 0 Å². The van der Waals surface area contributed by atoms with Crippen molar-refractivity contribution in [1.82, 2.24) is 20.4 Å². The molecule has 6 unspecified atom stereocenters. The standard InChI is InChI=1S/C13H26N4/c1-8-5-11-15-9(2)6-13-16(4)10(3)7-12(14-8)17(11)13/h8-15H,5-7H2,1-4H3. The van der Waals surface area contributed by atoms with E-state index in [1.54, 1.807) is 0 Å². The van der Waals surface area contributed by atoms with Crippen LogP contribution in [0, 0.1) is 0 Å². The molecule has 0 bridgehead atoms. The Morgan fingerprint density at radius 2 is 1.47 bits per heavy atom. The summed E-state index contributed by atoms with van der Waals surface area (Å²) in [6.45, 7) is 7.00. The van der Waals surface area contributed by atoms with Crippen LogP contribution < -0.4 is 10.6 Å². The topological polar surface area (TPSA) is 30.5 Å². The first-order valence-corrected chi connectivity index (χ1v) is 7.07. The predicted molar refractivity (Wildman–Crippen MR) is 69.5 cm³/mol. The van der Waals surface area contributed by atoms with Crippen molar-refractivity contribution >= 4 is 0 Å². The average molecular weight is 238 g/mol. The molecule has 6 atom stereocenters. The van der Waals surface area contributed by atoms with Gasteiger partial charge in [-0.2, -0.15) is 0 Å². The molecule has 0 aromatic carbocycles. The van der Waals surface area contributed by atoms with Crippen LogP contribution in [0.3, 0.4) is 0 Å². The lowest BCUT2D eigenvalue weighted by molar-refractivity contribution is -0.141. The summed E-state index contributed by atoms with van der Waals surface area (Å²) >= 11 is 0. The van der Waals surface area contributed by atoms with Gasteiger partial charge in [0.2, 0.25) is 0 Å². The Balaban J connectivity index is 1.88. The van der Waals surface area contributed by atoms with E-state index in [0.717, 1.165) is 0 Å². The fraction of sp³-hybridized carbons (Fsp3) is 1.00. The van der Waals surface area contributed by atoms with E-state index < -0.39 is 0 Å². The zero-order chi connectivity index (χ0) is 12.2. The largest absolute Gasteiger partial charge is 0.299 e. The van der Waals surface area contributed by atoms with Gasteiger partial charge >= 0.3 is 0 Å². The van der Waals surface area contributed by atoms with Crippen LogP contribution in [0.2, 0.25) is 0 Å². The number of nitrogens with zero attached hydrogens (tertiary/aromatic N) is 2. The third-order valence-corrected chi connectivity index (χ3v) is 4.89. The van der Waals surface area contributed by atoms with Gasteiger partial charge in [0.1, 0.15) is 0 Å².